The van der Waals surface area contributed by atoms with Crippen molar-refractivity contribution in [2.24, 2.45) is 5.41 Å². The van der Waals surface area contributed by atoms with E-state index in [9.17, 15) is 19.5 Å². The maximum atomic E-state index is 11.8. The molecule has 0 aliphatic heterocycles. The first-order chi connectivity index (χ1) is 10.6. The number of hydrogen-bond acceptors (Lipinski definition) is 5. The number of rotatable bonds is 6. The SMILES string of the molecule is COC(=O)CCC[C@]1(C(=O)O)CC[C@@H](NC(=O)OC(C)(C)C)C1. The number of esters is 1. The first kappa shape index (κ1) is 19.3. The van der Waals surface area contributed by atoms with E-state index in [-0.39, 0.29) is 18.4 Å². The second-order valence-corrected chi connectivity index (χ2v) is 7.10. The number of carbonyl (C=O) groups is 3. The zero-order valence-electron chi connectivity index (χ0n) is 14.3. The van der Waals surface area contributed by atoms with Crippen molar-refractivity contribution in [2.75, 3.05) is 7.11 Å². The summed E-state index contributed by atoms with van der Waals surface area (Å²) in [5.74, 6) is -1.22. The molecule has 0 aromatic carbocycles. The van der Waals surface area contributed by atoms with Crippen LogP contribution < -0.4 is 5.32 Å². The van der Waals surface area contributed by atoms with Crippen LogP contribution in [0.15, 0.2) is 0 Å². The molecule has 132 valence electrons. The number of hydrogen-bond donors (Lipinski definition) is 2. The Balaban J connectivity index is 2.56. The van der Waals surface area contributed by atoms with E-state index in [1.54, 1.807) is 20.8 Å². The van der Waals surface area contributed by atoms with Gasteiger partial charge in [-0.2, -0.15) is 0 Å². The second kappa shape index (κ2) is 7.66. The predicted molar refractivity (Wildman–Crippen MR) is 82.9 cm³/mol. The Hall–Kier alpha value is -1.79. The summed E-state index contributed by atoms with van der Waals surface area (Å²) in [6.45, 7) is 5.32. The van der Waals surface area contributed by atoms with Crippen molar-refractivity contribution in [1.29, 1.82) is 0 Å². The topological polar surface area (TPSA) is 102 Å². The molecule has 0 unspecified atom stereocenters. The summed E-state index contributed by atoms with van der Waals surface area (Å²) in [5, 5.41) is 12.3. The molecule has 2 atom stereocenters. The first-order valence-electron chi connectivity index (χ1n) is 7.88. The summed E-state index contributed by atoms with van der Waals surface area (Å²) in [5.41, 5.74) is -1.49. The van der Waals surface area contributed by atoms with Gasteiger partial charge >= 0.3 is 18.0 Å². The number of ether oxygens (including phenoxy) is 2. The van der Waals surface area contributed by atoms with Gasteiger partial charge in [0.2, 0.25) is 0 Å². The van der Waals surface area contributed by atoms with Crippen molar-refractivity contribution < 1.29 is 29.0 Å². The van der Waals surface area contributed by atoms with Crippen molar-refractivity contribution in [2.45, 2.75) is 70.9 Å². The lowest BCUT2D eigenvalue weighted by Crippen LogP contribution is -2.39. The van der Waals surface area contributed by atoms with Crippen LogP contribution in [0.3, 0.4) is 0 Å². The molecule has 7 nitrogen and oxygen atoms in total. The molecule has 0 saturated heterocycles. The maximum Gasteiger partial charge on any atom is 0.407 e. The highest BCUT2D eigenvalue weighted by Gasteiger charge is 2.45. The second-order valence-electron chi connectivity index (χ2n) is 7.10. The van der Waals surface area contributed by atoms with Gasteiger partial charge in [-0.25, -0.2) is 4.79 Å². The fraction of sp³-hybridized carbons (Fsp3) is 0.812. The molecule has 1 fully saturated rings. The van der Waals surface area contributed by atoms with E-state index in [1.807, 2.05) is 0 Å². The van der Waals surface area contributed by atoms with Gasteiger partial charge in [0.15, 0.2) is 0 Å². The van der Waals surface area contributed by atoms with E-state index in [1.165, 1.54) is 7.11 Å². The summed E-state index contributed by atoms with van der Waals surface area (Å²) in [7, 11) is 1.31. The lowest BCUT2D eigenvalue weighted by Gasteiger charge is -2.25. The summed E-state index contributed by atoms with van der Waals surface area (Å²) < 4.78 is 9.77. The summed E-state index contributed by atoms with van der Waals surface area (Å²) in [6, 6.07) is -0.223. The Bertz CT molecular complexity index is 456. The van der Waals surface area contributed by atoms with Crippen LogP contribution in [0.1, 0.15) is 59.3 Å². The molecule has 23 heavy (non-hydrogen) atoms. The van der Waals surface area contributed by atoms with Crippen LogP contribution >= 0.6 is 0 Å². The summed E-state index contributed by atoms with van der Waals surface area (Å²) in [4.78, 5) is 34.6. The van der Waals surface area contributed by atoms with E-state index >= 15 is 0 Å². The first-order valence-corrected chi connectivity index (χ1v) is 7.88. The Morgan fingerprint density at radius 1 is 1.30 bits per heavy atom. The minimum atomic E-state index is -0.895. The number of nitrogens with one attached hydrogen (secondary N) is 1. The molecular formula is C16H27NO6. The third-order valence-corrected chi connectivity index (χ3v) is 4.05. The monoisotopic (exact) mass is 329 g/mol. The van der Waals surface area contributed by atoms with Crippen LogP contribution in [0.4, 0.5) is 4.79 Å². The molecule has 2 N–H and O–H groups in total. The zero-order valence-corrected chi connectivity index (χ0v) is 14.3. The van der Waals surface area contributed by atoms with E-state index in [0.717, 1.165) is 0 Å². The smallest absolute Gasteiger partial charge is 0.407 e. The van der Waals surface area contributed by atoms with Crippen LogP contribution in [0, 0.1) is 5.41 Å². The molecule has 0 aromatic rings. The zero-order chi connectivity index (χ0) is 17.7. The minimum absolute atomic E-state index is 0.204. The highest BCUT2D eigenvalue weighted by Crippen LogP contribution is 2.42. The number of aliphatic carboxylic acids is 1. The van der Waals surface area contributed by atoms with Crippen molar-refractivity contribution in [1.82, 2.24) is 5.32 Å². The van der Waals surface area contributed by atoms with Crippen LogP contribution in [0.25, 0.3) is 0 Å². The Labute approximate surface area is 136 Å². The number of alkyl carbamates (subject to hydrolysis) is 1. The van der Waals surface area contributed by atoms with Gasteiger partial charge in [-0.3, -0.25) is 9.59 Å². The quantitative estimate of drug-likeness (QED) is 0.726. The third-order valence-electron chi connectivity index (χ3n) is 4.05. The predicted octanol–water partition coefficient (Wildman–Crippen LogP) is 2.48. The van der Waals surface area contributed by atoms with Crippen LogP contribution in [0.2, 0.25) is 0 Å². The van der Waals surface area contributed by atoms with E-state index in [2.05, 4.69) is 10.1 Å². The summed E-state index contributed by atoms with van der Waals surface area (Å²) in [6.07, 6.45) is 1.94. The number of methoxy groups -OCH3 is 1. The molecule has 1 aliphatic carbocycles. The fourth-order valence-corrected chi connectivity index (χ4v) is 2.93. The van der Waals surface area contributed by atoms with Crippen molar-refractivity contribution in [3.63, 3.8) is 0 Å². The van der Waals surface area contributed by atoms with E-state index in [0.29, 0.717) is 32.1 Å². The molecule has 1 amide bonds. The molecule has 0 aromatic heterocycles. The number of carboxylic acids is 1. The molecule has 7 heteroatoms. The van der Waals surface area contributed by atoms with Crippen molar-refractivity contribution >= 4 is 18.0 Å². The van der Waals surface area contributed by atoms with E-state index in [4.69, 9.17) is 4.74 Å². The Kier molecular flexibility index (Phi) is 6.41. The van der Waals surface area contributed by atoms with Crippen LogP contribution in [-0.2, 0) is 19.1 Å². The number of carboxylic acid groups (broad SMARTS) is 1. The molecule has 0 spiro atoms. The molecular weight excluding hydrogens is 302 g/mol. The van der Waals surface area contributed by atoms with Gasteiger partial charge in [0.05, 0.1) is 12.5 Å². The molecule has 1 saturated carbocycles. The highest BCUT2D eigenvalue weighted by molar-refractivity contribution is 5.76. The molecule has 0 radical (unpaired) electrons. The largest absolute Gasteiger partial charge is 0.481 e. The van der Waals surface area contributed by atoms with Gasteiger partial charge in [0.25, 0.3) is 0 Å². The average molecular weight is 329 g/mol. The third kappa shape index (κ3) is 6.08. The van der Waals surface area contributed by atoms with Crippen LogP contribution in [-0.4, -0.2) is 41.9 Å². The van der Waals surface area contributed by atoms with Gasteiger partial charge in [0, 0.05) is 12.5 Å². The van der Waals surface area contributed by atoms with Gasteiger partial charge in [-0.05, 0) is 52.9 Å². The van der Waals surface area contributed by atoms with Gasteiger partial charge in [-0.1, -0.05) is 0 Å². The normalized spacial score (nSPS) is 24.1. The standard InChI is InChI=1S/C16H27NO6/c1-15(2,3)23-14(21)17-11-7-9-16(10-11,13(19)20)8-5-6-12(18)22-4/h11H,5-10H2,1-4H3,(H,17,21)(H,19,20)/t11-,16+/m1/s1. The van der Waals surface area contributed by atoms with Crippen molar-refractivity contribution in [3.8, 4) is 0 Å². The Morgan fingerprint density at radius 3 is 2.48 bits per heavy atom. The molecule has 1 aliphatic rings. The molecule has 0 heterocycles. The molecule has 0 bridgehead atoms. The van der Waals surface area contributed by atoms with E-state index < -0.39 is 23.1 Å². The summed E-state index contributed by atoms with van der Waals surface area (Å²) >= 11 is 0. The number of carbonyl (C=O) groups excluding carboxylic acids is 2. The van der Waals surface area contributed by atoms with Crippen LogP contribution in [0.5, 0.6) is 0 Å². The van der Waals surface area contributed by atoms with Gasteiger partial charge < -0.3 is 19.9 Å². The van der Waals surface area contributed by atoms with Gasteiger partial charge in [-0.15, -0.1) is 0 Å². The Morgan fingerprint density at radius 2 is 1.96 bits per heavy atom. The maximum absolute atomic E-state index is 11.8. The fourth-order valence-electron chi connectivity index (χ4n) is 2.93. The lowest BCUT2D eigenvalue weighted by atomic mass is 9.81. The van der Waals surface area contributed by atoms with Crippen molar-refractivity contribution in [3.05, 3.63) is 0 Å². The average Bonchev–Trinajstić information content (AvgIpc) is 2.80. The highest BCUT2D eigenvalue weighted by atomic mass is 16.6. The molecule has 1 rings (SSSR count). The number of amides is 1. The van der Waals surface area contributed by atoms with Gasteiger partial charge in [0.1, 0.15) is 5.60 Å². The lowest BCUT2D eigenvalue weighted by molar-refractivity contribution is -0.150. The minimum Gasteiger partial charge on any atom is -0.481 e.